The number of benzene rings is 1. The van der Waals surface area contributed by atoms with Gasteiger partial charge in [0.2, 0.25) is 0 Å². The van der Waals surface area contributed by atoms with Crippen LogP contribution in [0.3, 0.4) is 0 Å². The van der Waals surface area contributed by atoms with Crippen LogP contribution in [0.15, 0.2) is 29.2 Å². The van der Waals surface area contributed by atoms with Crippen LogP contribution in [0.25, 0.3) is 0 Å². The van der Waals surface area contributed by atoms with Gasteiger partial charge in [-0.15, -0.1) is 11.8 Å². The van der Waals surface area contributed by atoms with Gasteiger partial charge >= 0.3 is 0 Å². The van der Waals surface area contributed by atoms with Gasteiger partial charge in [-0.05, 0) is 31.2 Å². The van der Waals surface area contributed by atoms with Crippen LogP contribution in [0.2, 0.25) is 5.15 Å². The lowest BCUT2D eigenvalue weighted by Gasteiger charge is -2.05. The molecule has 3 nitrogen and oxygen atoms in total. The van der Waals surface area contributed by atoms with E-state index >= 15 is 0 Å². The molecule has 0 bridgehead atoms. The molecule has 0 radical (unpaired) electrons. The van der Waals surface area contributed by atoms with Crippen molar-refractivity contribution in [2.24, 2.45) is 0 Å². The Hall–Kier alpha value is -1.33. The average Bonchev–Trinajstić information content (AvgIpc) is 2.29. The summed E-state index contributed by atoms with van der Waals surface area (Å²) < 4.78 is 13.1. The molecule has 1 heterocycles. The van der Waals surface area contributed by atoms with Crippen molar-refractivity contribution in [3.63, 3.8) is 0 Å². The van der Waals surface area contributed by atoms with Gasteiger partial charge in [-0.1, -0.05) is 11.6 Å². The fraction of sp³-hybridized carbons (Fsp3) is 0.167. The minimum atomic E-state index is -0.310. The molecule has 1 aromatic carbocycles. The van der Waals surface area contributed by atoms with Crippen molar-refractivity contribution in [3.05, 3.63) is 46.8 Å². The number of halogens is 2. The molecule has 94 valence electrons. The second-order valence-corrected chi connectivity index (χ2v) is 5.12. The van der Waals surface area contributed by atoms with Crippen LogP contribution in [0.5, 0.6) is 0 Å². The fourth-order valence-electron chi connectivity index (χ4n) is 1.43. The molecule has 0 aliphatic rings. The normalized spacial score (nSPS) is 10.6. The molecule has 0 amide bonds. The molecule has 0 unspecified atom stereocenters. The predicted octanol–water partition coefficient (Wildman–Crippen LogP) is 3.45. The zero-order valence-corrected chi connectivity index (χ0v) is 11.2. The van der Waals surface area contributed by atoms with Gasteiger partial charge in [-0.3, -0.25) is 0 Å². The molecular formula is C12H11ClFN3S. The molecule has 2 N–H and O–H groups in total. The van der Waals surface area contributed by atoms with Gasteiger partial charge in [0.15, 0.2) is 0 Å². The number of nitrogens with zero attached hydrogens (tertiary/aromatic N) is 2. The second-order valence-electron chi connectivity index (χ2n) is 3.72. The van der Waals surface area contributed by atoms with Gasteiger partial charge in [-0.25, -0.2) is 14.4 Å². The number of aryl methyl sites for hydroxylation is 1. The molecule has 0 saturated carbocycles. The third kappa shape index (κ3) is 3.34. The number of nitrogen functional groups attached to an aromatic ring is 1. The lowest BCUT2D eigenvalue weighted by Crippen LogP contribution is -1.96. The second kappa shape index (κ2) is 5.54. The van der Waals surface area contributed by atoms with Gasteiger partial charge in [0.1, 0.15) is 16.8 Å². The summed E-state index contributed by atoms with van der Waals surface area (Å²) in [5.41, 5.74) is 7.10. The highest BCUT2D eigenvalue weighted by atomic mass is 35.5. The summed E-state index contributed by atoms with van der Waals surface area (Å²) in [4.78, 5) is 9.03. The van der Waals surface area contributed by atoms with Gasteiger partial charge in [0.05, 0.1) is 5.75 Å². The van der Waals surface area contributed by atoms with Crippen molar-refractivity contribution >= 4 is 29.1 Å². The largest absolute Gasteiger partial charge is 0.398 e. The number of aromatic nitrogens is 2. The molecule has 0 aliphatic heterocycles. The Kier molecular flexibility index (Phi) is 4.04. The van der Waals surface area contributed by atoms with Crippen LogP contribution < -0.4 is 5.73 Å². The highest BCUT2D eigenvalue weighted by molar-refractivity contribution is 7.98. The van der Waals surface area contributed by atoms with Crippen molar-refractivity contribution in [1.29, 1.82) is 0 Å². The monoisotopic (exact) mass is 283 g/mol. The first-order valence-corrected chi connectivity index (χ1v) is 6.59. The van der Waals surface area contributed by atoms with Crippen LogP contribution in [0, 0.1) is 12.7 Å². The van der Waals surface area contributed by atoms with Gasteiger partial charge in [0, 0.05) is 16.3 Å². The predicted molar refractivity (Wildman–Crippen MR) is 72.2 cm³/mol. The van der Waals surface area contributed by atoms with Gasteiger partial charge in [-0.2, -0.15) is 0 Å². The number of thioether (sulfide) groups is 1. The standard InChI is InChI=1S/C12H11ClFN3S/c1-7-4-11(13)17-12(16-7)6-18-10-5-8(14)2-3-9(10)15/h2-5H,6,15H2,1H3. The molecule has 0 fully saturated rings. The number of hydrogen-bond donors (Lipinski definition) is 1. The molecule has 1 aromatic heterocycles. The Balaban J connectivity index is 2.13. The molecule has 18 heavy (non-hydrogen) atoms. The van der Waals surface area contributed by atoms with E-state index in [1.54, 1.807) is 12.1 Å². The lowest BCUT2D eigenvalue weighted by molar-refractivity contribution is 0.624. The average molecular weight is 284 g/mol. The summed E-state index contributed by atoms with van der Waals surface area (Å²) in [6, 6.07) is 5.96. The molecule has 6 heteroatoms. The minimum absolute atomic E-state index is 0.310. The number of hydrogen-bond acceptors (Lipinski definition) is 4. The maximum absolute atomic E-state index is 13.1. The van der Waals surface area contributed by atoms with Crippen LogP contribution in [-0.4, -0.2) is 9.97 Å². The topological polar surface area (TPSA) is 51.8 Å². The molecule has 2 rings (SSSR count). The van der Waals surface area contributed by atoms with E-state index in [1.165, 1.54) is 23.9 Å². The van der Waals surface area contributed by atoms with Gasteiger partial charge < -0.3 is 5.73 Å². The van der Waals surface area contributed by atoms with E-state index in [2.05, 4.69) is 9.97 Å². The van der Waals surface area contributed by atoms with Crippen LogP contribution in [0.4, 0.5) is 10.1 Å². The van der Waals surface area contributed by atoms with Crippen molar-refractivity contribution in [2.75, 3.05) is 5.73 Å². The third-order valence-corrected chi connectivity index (χ3v) is 3.46. The summed E-state index contributed by atoms with van der Waals surface area (Å²) >= 11 is 7.23. The van der Waals surface area contributed by atoms with E-state index in [-0.39, 0.29) is 5.82 Å². The molecule has 0 aliphatic carbocycles. The van der Waals surface area contributed by atoms with Crippen molar-refractivity contribution < 1.29 is 4.39 Å². The van der Waals surface area contributed by atoms with E-state index in [4.69, 9.17) is 17.3 Å². The highest BCUT2D eigenvalue weighted by Crippen LogP contribution is 2.28. The Morgan fingerprint density at radius 1 is 1.33 bits per heavy atom. The van der Waals surface area contributed by atoms with Crippen LogP contribution in [-0.2, 0) is 5.75 Å². The first kappa shape index (κ1) is 13.1. The molecule has 0 atom stereocenters. The zero-order chi connectivity index (χ0) is 13.1. The van der Waals surface area contributed by atoms with Crippen molar-refractivity contribution in [1.82, 2.24) is 9.97 Å². The maximum Gasteiger partial charge on any atom is 0.140 e. The van der Waals surface area contributed by atoms with E-state index in [0.29, 0.717) is 27.3 Å². The summed E-state index contributed by atoms with van der Waals surface area (Å²) in [5.74, 6) is 0.790. The van der Waals surface area contributed by atoms with Gasteiger partial charge in [0.25, 0.3) is 0 Å². The van der Waals surface area contributed by atoms with Crippen LogP contribution >= 0.6 is 23.4 Å². The van der Waals surface area contributed by atoms with Crippen molar-refractivity contribution in [3.8, 4) is 0 Å². The summed E-state index contributed by atoms with van der Waals surface area (Å²) in [6.45, 7) is 1.85. The Bertz CT molecular complexity index is 557. The molecule has 0 saturated heterocycles. The minimum Gasteiger partial charge on any atom is -0.398 e. The number of rotatable bonds is 3. The van der Waals surface area contributed by atoms with E-state index < -0.39 is 0 Å². The molecule has 2 aromatic rings. The summed E-state index contributed by atoms with van der Waals surface area (Å²) in [7, 11) is 0. The Labute approximate surface area is 114 Å². The van der Waals surface area contributed by atoms with E-state index in [9.17, 15) is 4.39 Å². The first-order valence-electron chi connectivity index (χ1n) is 5.22. The quantitative estimate of drug-likeness (QED) is 0.532. The fourth-order valence-corrected chi connectivity index (χ4v) is 2.53. The van der Waals surface area contributed by atoms with E-state index in [1.807, 2.05) is 6.92 Å². The smallest absolute Gasteiger partial charge is 0.140 e. The Morgan fingerprint density at radius 2 is 2.11 bits per heavy atom. The number of nitrogens with two attached hydrogens (primary N) is 1. The zero-order valence-electron chi connectivity index (χ0n) is 9.65. The number of anilines is 1. The summed E-state index contributed by atoms with van der Waals surface area (Å²) in [6.07, 6.45) is 0. The SMILES string of the molecule is Cc1cc(Cl)nc(CSc2cc(F)ccc2N)n1. The lowest BCUT2D eigenvalue weighted by atomic mass is 10.3. The van der Waals surface area contributed by atoms with E-state index in [0.717, 1.165) is 5.69 Å². The Morgan fingerprint density at radius 3 is 2.83 bits per heavy atom. The summed E-state index contributed by atoms with van der Waals surface area (Å²) in [5, 5.41) is 0.408. The van der Waals surface area contributed by atoms with Crippen LogP contribution in [0.1, 0.15) is 11.5 Å². The highest BCUT2D eigenvalue weighted by Gasteiger charge is 2.05. The van der Waals surface area contributed by atoms with Crippen molar-refractivity contribution in [2.45, 2.75) is 17.6 Å². The maximum atomic E-state index is 13.1. The first-order chi connectivity index (χ1) is 8.54. The third-order valence-electron chi connectivity index (χ3n) is 2.20. The molecule has 0 spiro atoms. The molecular weight excluding hydrogens is 273 g/mol.